The molecule has 2 heterocycles. The number of rotatable bonds is 4. The number of allylic oxidation sites excluding steroid dienone is 2. The zero-order valence-electron chi connectivity index (χ0n) is 20.1. The number of likely N-dealkylation sites (tertiary alicyclic amines) is 1. The van der Waals surface area contributed by atoms with Crippen molar-refractivity contribution in [1.29, 1.82) is 0 Å². The zero-order valence-corrected chi connectivity index (χ0v) is 20.1. The minimum absolute atomic E-state index is 0.0198. The third-order valence-corrected chi connectivity index (χ3v) is 7.18. The van der Waals surface area contributed by atoms with E-state index in [1.54, 1.807) is 48.5 Å². The number of benzene rings is 2. The Morgan fingerprint density at radius 1 is 0.833 bits per heavy atom. The molecular formula is C28H30N4O4. The van der Waals surface area contributed by atoms with E-state index in [1.165, 1.54) is 5.01 Å². The van der Waals surface area contributed by atoms with Crippen molar-refractivity contribution in [2.24, 2.45) is 11.8 Å². The lowest BCUT2D eigenvalue weighted by atomic mass is 9.80. The molecule has 186 valence electrons. The van der Waals surface area contributed by atoms with Crippen LogP contribution in [-0.4, -0.2) is 41.6 Å². The van der Waals surface area contributed by atoms with E-state index in [0.717, 1.165) is 38.8 Å². The molecule has 2 unspecified atom stereocenters. The molecule has 36 heavy (non-hydrogen) atoms. The first kappa shape index (κ1) is 23.8. The van der Waals surface area contributed by atoms with Crippen molar-refractivity contribution in [3.05, 3.63) is 71.8 Å². The highest BCUT2D eigenvalue weighted by molar-refractivity contribution is 6.07. The Morgan fingerprint density at radius 3 is 2.25 bits per heavy atom. The third-order valence-electron chi connectivity index (χ3n) is 7.18. The average molecular weight is 487 g/mol. The van der Waals surface area contributed by atoms with Crippen LogP contribution in [0.3, 0.4) is 0 Å². The number of nitrogens with one attached hydrogen (secondary N) is 2. The molecule has 2 saturated heterocycles. The molecule has 2 N–H and O–H groups in total. The number of carbonyl (C=O) groups is 4. The van der Waals surface area contributed by atoms with Crippen molar-refractivity contribution in [1.82, 2.24) is 10.3 Å². The molecule has 0 aromatic heterocycles. The van der Waals surface area contributed by atoms with E-state index in [-0.39, 0.29) is 29.5 Å². The van der Waals surface area contributed by atoms with Crippen molar-refractivity contribution in [3.8, 4) is 0 Å². The fourth-order valence-electron chi connectivity index (χ4n) is 5.12. The van der Waals surface area contributed by atoms with Gasteiger partial charge in [-0.1, -0.05) is 31.1 Å². The summed E-state index contributed by atoms with van der Waals surface area (Å²) in [4.78, 5) is 53.3. The number of anilines is 2. The Balaban J connectivity index is 1.26. The van der Waals surface area contributed by atoms with Gasteiger partial charge in [-0.3, -0.25) is 24.6 Å². The highest BCUT2D eigenvalue weighted by atomic mass is 16.2. The van der Waals surface area contributed by atoms with Gasteiger partial charge in [-0.05, 0) is 68.1 Å². The quantitative estimate of drug-likeness (QED) is 0.640. The maximum absolute atomic E-state index is 13.0. The number of nitrogens with zero attached hydrogens (tertiary/aromatic N) is 2. The number of amides is 4. The fraction of sp³-hybridized carbons (Fsp3) is 0.357. The van der Waals surface area contributed by atoms with Crippen LogP contribution in [0.4, 0.5) is 11.4 Å². The Kier molecular flexibility index (Phi) is 6.84. The summed E-state index contributed by atoms with van der Waals surface area (Å²) in [5.41, 5.74) is 4.65. The summed E-state index contributed by atoms with van der Waals surface area (Å²) in [6, 6.07) is 13.5. The van der Waals surface area contributed by atoms with Crippen LogP contribution < -0.4 is 15.8 Å². The van der Waals surface area contributed by atoms with Crippen LogP contribution in [0.2, 0.25) is 0 Å². The zero-order chi connectivity index (χ0) is 25.1. The second kappa shape index (κ2) is 10.4. The summed E-state index contributed by atoms with van der Waals surface area (Å²) in [5.74, 6) is -1.43. The van der Waals surface area contributed by atoms with Crippen LogP contribution in [0.25, 0.3) is 0 Å². The minimum atomic E-state index is -0.392. The summed E-state index contributed by atoms with van der Waals surface area (Å²) in [7, 11) is 0. The summed E-state index contributed by atoms with van der Waals surface area (Å²) in [6.45, 7) is 1.57. The predicted molar refractivity (Wildman–Crippen MR) is 136 cm³/mol. The first-order valence-corrected chi connectivity index (χ1v) is 12.6. The van der Waals surface area contributed by atoms with Gasteiger partial charge in [0.2, 0.25) is 11.8 Å². The molecule has 5 rings (SSSR count). The fourth-order valence-corrected chi connectivity index (χ4v) is 5.12. The Labute approximate surface area is 210 Å². The molecule has 2 fully saturated rings. The van der Waals surface area contributed by atoms with Gasteiger partial charge in [-0.25, -0.2) is 5.01 Å². The monoisotopic (exact) mass is 486 g/mol. The number of hydrogen-bond donors (Lipinski definition) is 2. The van der Waals surface area contributed by atoms with E-state index in [4.69, 9.17) is 0 Å². The first-order valence-electron chi connectivity index (χ1n) is 12.6. The molecular weight excluding hydrogens is 456 g/mol. The van der Waals surface area contributed by atoms with Gasteiger partial charge in [0.25, 0.3) is 11.8 Å². The predicted octanol–water partition coefficient (Wildman–Crippen LogP) is 3.92. The highest BCUT2D eigenvalue weighted by Gasteiger charge is 2.42. The molecule has 2 aromatic carbocycles. The van der Waals surface area contributed by atoms with E-state index in [0.29, 0.717) is 35.3 Å². The van der Waals surface area contributed by atoms with E-state index in [1.807, 2.05) is 17.1 Å². The molecule has 8 nitrogen and oxygen atoms in total. The van der Waals surface area contributed by atoms with Gasteiger partial charge in [0.05, 0.1) is 17.5 Å². The van der Waals surface area contributed by atoms with E-state index in [2.05, 4.69) is 10.7 Å². The Bertz CT molecular complexity index is 1200. The molecule has 0 radical (unpaired) electrons. The summed E-state index contributed by atoms with van der Waals surface area (Å²) < 4.78 is 0. The van der Waals surface area contributed by atoms with Crippen LogP contribution in [0.15, 0.2) is 60.7 Å². The lowest BCUT2D eigenvalue weighted by molar-refractivity contribution is -0.139. The Morgan fingerprint density at radius 2 is 1.53 bits per heavy atom. The number of hydrogen-bond acceptors (Lipinski definition) is 4. The molecule has 0 saturated carbocycles. The molecule has 2 aliphatic heterocycles. The lowest BCUT2D eigenvalue weighted by Gasteiger charge is -2.38. The maximum atomic E-state index is 13.0. The second-order valence-corrected chi connectivity index (χ2v) is 9.59. The highest BCUT2D eigenvalue weighted by Crippen LogP contribution is 2.32. The number of fused-ring (bicyclic) bond motifs is 1. The topological polar surface area (TPSA) is 98.8 Å². The van der Waals surface area contributed by atoms with Gasteiger partial charge in [-0.15, -0.1) is 0 Å². The minimum Gasteiger partial charge on any atom is -0.339 e. The first-order chi connectivity index (χ1) is 17.5. The third kappa shape index (κ3) is 4.89. The van der Waals surface area contributed by atoms with E-state index in [9.17, 15) is 19.2 Å². The van der Waals surface area contributed by atoms with Crippen molar-refractivity contribution in [2.75, 3.05) is 23.4 Å². The van der Waals surface area contributed by atoms with Crippen molar-refractivity contribution in [2.45, 2.75) is 38.5 Å². The van der Waals surface area contributed by atoms with Gasteiger partial charge >= 0.3 is 0 Å². The summed E-state index contributed by atoms with van der Waals surface area (Å²) in [6.07, 6.45) is 9.34. The normalized spacial score (nSPS) is 21.9. The molecule has 8 heteroatoms. The van der Waals surface area contributed by atoms with Crippen molar-refractivity contribution < 1.29 is 19.2 Å². The van der Waals surface area contributed by atoms with Gasteiger partial charge in [0, 0.05) is 29.9 Å². The second-order valence-electron chi connectivity index (χ2n) is 9.59. The number of carbonyl (C=O) groups excluding carboxylic acids is 4. The maximum Gasteiger partial charge on any atom is 0.255 e. The van der Waals surface area contributed by atoms with E-state index >= 15 is 0 Å². The largest absolute Gasteiger partial charge is 0.339 e. The van der Waals surface area contributed by atoms with E-state index < -0.39 is 5.92 Å². The molecule has 2 aromatic rings. The standard InChI is InChI=1S/C28H30N4O4/c33-25(29-21-14-12-19(13-15-21)27(35)31-16-5-1-2-6-17-31)20-8-7-9-22(18-20)32-28(36)24-11-4-3-10-23(24)26(34)30-32/h3-4,7-9,12-15,18,23-24H,1-2,5-6,10-11,16-17H2,(H,29,33)(H,30,34). The molecule has 2 atom stereocenters. The SMILES string of the molecule is O=C(Nc1ccc(C(=O)N2CCCCCC2)cc1)c1cccc(N2NC(=O)C3CC=CCC3C2=O)c1. The van der Waals surface area contributed by atoms with Crippen LogP contribution >= 0.6 is 0 Å². The molecule has 4 amide bonds. The molecule has 3 aliphatic rings. The van der Waals surface area contributed by atoms with Crippen molar-refractivity contribution >= 4 is 35.0 Å². The van der Waals surface area contributed by atoms with Crippen LogP contribution in [-0.2, 0) is 9.59 Å². The molecule has 1 aliphatic carbocycles. The molecule has 0 bridgehead atoms. The van der Waals surface area contributed by atoms with Crippen LogP contribution in [0.1, 0.15) is 59.2 Å². The van der Waals surface area contributed by atoms with Gasteiger partial charge in [-0.2, -0.15) is 0 Å². The van der Waals surface area contributed by atoms with Crippen LogP contribution in [0, 0.1) is 11.8 Å². The summed E-state index contributed by atoms with van der Waals surface area (Å²) >= 11 is 0. The lowest BCUT2D eigenvalue weighted by Crippen LogP contribution is -2.59. The van der Waals surface area contributed by atoms with Gasteiger partial charge < -0.3 is 10.2 Å². The van der Waals surface area contributed by atoms with Gasteiger partial charge in [0.1, 0.15) is 0 Å². The average Bonchev–Trinajstić information content (AvgIpc) is 3.21. The smallest absolute Gasteiger partial charge is 0.255 e. The van der Waals surface area contributed by atoms with Gasteiger partial charge in [0.15, 0.2) is 0 Å². The molecule has 0 spiro atoms. The van der Waals surface area contributed by atoms with Crippen LogP contribution in [0.5, 0.6) is 0 Å². The Hall–Kier alpha value is -3.94. The van der Waals surface area contributed by atoms with Crippen molar-refractivity contribution in [3.63, 3.8) is 0 Å². The summed E-state index contributed by atoms with van der Waals surface area (Å²) in [5, 5.41) is 4.10. The number of hydrazine groups is 1.